The lowest BCUT2D eigenvalue weighted by Crippen LogP contribution is -2.49. The van der Waals surface area contributed by atoms with Gasteiger partial charge in [-0.25, -0.2) is 0 Å². The van der Waals surface area contributed by atoms with Gasteiger partial charge in [0.2, 0.25) is 0 Å². The molecule has 3 heteroatoms. The Kier molecular flexibility index (Phi) is 8.22. The maximum absolute atomic E-state index is 9.33. The molecule has 1 saturated carbocycles. The minimum absolute atomic E-state index is 0.268. The predicted octanol–water partition coefficient (Wildman–Crippen LogP) is 3.13. The van der Waals surface area contributed by atoms with Crippen LogP contribution >= 0.6 is 0 Å². The second kappa shape index (κ2) is 9.12. The molecule has 0 saturated heterocycles. The van der Waals surface area contributed by atoms with Crippen molar-refractivity contribution >= 4 is 0 Å². The van der Waals surface area contributed by atoms with Gasteiger partial charge in [-0.3, -0.25) is 4.90 Å². The predicted molar refractivity (Wildman–Crippen MR) is 91.6 cm³/mol. The summed E-state index contributed by atoms with van der Waals surface area (Å²) < 4.78 is 0. The Labute approximate surface area is 132 Å². The van der Waals surface area contributed by atoms with Crippen LogP contribution in [0.5, 0.6) is 0 Å². The summed E-state index contributed by atoms with van der Waals surface area (Å²) in [5, 5.41) is 13.0. The maximum Gasteiger partial charge on any atom is 0.0558 e. The summed E-state index contributed by atoms with van der Waals surface area (Å²) in [6, 6.07) is 0.512. The van der Waals surface area contributed by atoms with E-state index < -0.39 is 0 Å². The molecule has 1 fully saturated rings. The van der Waals surface area contributed by atoms with Gasteiger partial charge in [0.05, 0.1) is 6.61 Å². The standard InChI is InChI=1S/C18H38N2O/c1-15(2)12-19-13-18(8-6-17(5)7-9-18)14-20(10-11-21)16(3)4/h15-17,19,21H,6-14H2,1-5H3. The van der Waals surface area contributed by atoms with Crippen molar-refractivity contribution in [3.63, 3.8) is 0 Å². The lowest BCUT2D eigenvalue weighted by Gasteiger charge is -2.44. The summed E-state index contributed by atoms with van der Waals surface area (Å²) in [6.07, 6.45) is 5.37. The molecule has 0 aromatic heterocycles. The molecule has 0 aromatic rings. The molecule has 1 rings (SSSR count). The van der Waals surface area contributed by atoms with E-state index in [-0.39, 0.29) is 6.61 Å². The number of aliphatic hydroxyl groups excluding tert-OH is 1. The molecule has 0 radical (unpaired) electrons. The van der Waals surface area contributed by atoms with Crippen molar-refractivity contribution < 1.29 is 5.11 Å². The first-order valence-corrected chi connectivity index (χ1v) is 8.94. The van der Waals surface area contributed by atoms with E-state index in [2.05, 4.69) is 44.8 Å². The van der Waals surface area contributed by atoms with Crippen molar-refractivity contribution in [1.29, 1.82) is 0 Å². The van der Waals surface area contributed by atoms with Gasteiger partial charge in [-0.05, 0) is 50.5 Å². The average Bonchev–Trinajstić information content (AvgIpc) is 2.41. The number of nitrogens with zero attached hydrogens (tertiary/aromatic N) is 1. The Morgan fingerprint density at radius 1 is 1.19 bits per heavy atom. The van der Waals surface area contributed by atoms with E-state index in [9.17, 15) is 5.11 Å². The van der Waals surface area contributed by atoms with Gasteiger partial charge in [-0.2, -0.15) is 0 Å². The van der Waals surface area contributed by atoms with Crippen molar-refractivity contribution in [2.24, 2.45) is 17.3 Å². The molecule has 0 aliphatic heterocycles. The van der Waals surface area contributed by atoms with E-state index in [0.29, 0.717) is 17.4 Å². The summed E-state index contributed by atoms with van der Waals surface area (Å²) in [5.74, 6) is 1.59. The highest BCUT2D eigenvalue weighted by Gasteiger charge is 2.35. The van der Waals surface area contributed by atoms with Crippen LogP contribution in [0.2, 0.25) is 0 Å². The number of nitrogens with one attached hydrogen (secondary N) is 1. The summed E-state index contributed by atoms with van der Waals surface area (Å²) in [7, 11) is 0. The molecule has 0 spiro atoms. The molecule has 21 heavy (non-hydrogen) atoms. The Bertz CT molecular complexity index is 270. The highest BCUT2D eigenvalue weighted by atomic mass is 16.3. The van der Waals surface area contributed by atoms with Crippen molar-refractivity contribution in [3.05, 3.63) is 0 Å². The van der Waals surface area contributed by atoms with Gasteiger partial charge in [0.15, 0.2) is 0 Å². The molecule has 0 heterocycles. The molecule has 0 atom stereocenters. The maximum atomic E-state index is 9.33. The minimum atomic E-state index is 0.268. The molecular weight excluding hydrogens is 260 g/mol. The first-order chi connectivity index (χ1) is 9.88. The van der Waals surface area contributed by atoms with Crippen molar-refractivity contribution in [2.45, 2.75) is 66.3 Å². The molecule has 2 N–H and O–H groups in total. The molecule has 0 aromatic carbocycles. The van der Waals surface area contributed by atoms with E-state index in [0.717, 1.165) is 32.1 Å². The molecule has 0 amide bonds. The molecule has 126 valence electrons. The summed E-state index contributed by atoms with van der Waals surface area (Å²) in [4.78, 5) is 2.47. The first-order valence-electron chi connectivity index (χ1n) is 8.94. The lowest BCUT2D eigenvalue weighted by atomic mass is 9.70. The second-order valence-electron chi connectivity index (χ2n) is 8.00. The van der Waals surface area contributed by atoms with Gasteiger partial charge in [0.25, 0.3) is 0 Å². The van der Waals surface area contributed by atoms with Crippen molar-refractivity contribution in [1.82, 2.24) is 10.2 Å². The molecular formula is C18H38N2O. The molecule has 1 aliphatic rings. The van der Waals surface area contributed by atoms with Crippen LogP contribution in [0.15, 0.2) is 0 Å². The normalized spacial score (nSPS) is 27.0. The number of aliphatic hydroxyl groups is 1. The smallest absolute Gasteiger partial charge is 0.0558 e. The van der Waals surface area contributed by atoms with Gasteiger partial charge in [-0.15, -0.1) is 0 Å². The van der Waals surface area contributed by atoms with Crippen LogP contribution < -0.4 is 5.32 Å². The van der Waals surface area contributed by atoms with Gasteiger partial charge in [0.1, 0.15) is 0 Å². The average molecular weight is 299 g/mol. The fourth-order valence-corrected chi connectivity index (χ4v) is 3.47. The van der Waals surface area contributed by atoms with E-state index in [1.165, 1.54) is 25.7 Å². The van der Waals surface area contributed by atoms with Crippen LogP contribution in [-0.2, 0) is 0 Å². The van der Waals surface area contributed by atoms with Gasteiger partial charge < -0.3 is 10.4 Å². The SMILES string of the molecule is CC(C)CNCC1(CN(CCO)C(C)C)CCC(C)CC1. The second-order valence-corrected chi connectivity index (χ2v) is 8.00. The van der Waals surface area contributed by atoms with E-state index in [1.54, 1.807) is 0 Å². The fourth-order valence-electron chi connectivity index (χ4n) is 3.47. The third-order valence-corrected chi connectivity index (χ3v) is 5.04. The summed E-state index contributed by atoms with van der Waals surface area (Å²) in [6.45, 7) is 15.9. The van der Waals surface area contributed by atoms with Crippen LogP contribution in [0.1, 0.15) is 60.3 Å². The third kappa shape index (κ3) is 6.66. The zero-order valence-electron chi connectivity index (χ0n) is 15.0. The van der Waals surface area contributed by atoms with Gasteiger partial charge in [0, 0.05) is 25.7 Å². The minimum Gasteiger partial charge on any atom is -0.395 e. The third-order valence-electron chi connectivity index (χ3n) is 5.04. The van der Waals surface area contributed by atoms with E-state index in [4.69, 9.17) is 0 Å². The molecule has 1 aliphatic carbocycles. The van der Waals surface area contributed by atoms with Crippen LogP contribution in [-0.4, -0.2) is 48.8 Å². The highest BCUT2D eigenvalue weighted by Crippen LogP contribution is 2.39. The molecule has 0 unspecified atom stereocenters. The van der Waals surface area contributed by atoms with Crippen LogP contribution in [0.3, 0.4) is 0 Å². The topological polar surface area (TPSA) is 35.5 Å². The zero-order chi connectivity index (χ0) is 15.9. The Hall–Kier alpha value is -0.120. The summed E-state index contributed by atoms with van der Waals surface area (Å²) >= 11 is 0. The quantitative estimate of drug-likeness (QED) is 0.686. The van der Waals surface area contributed by atoms with Crippen molar-refractivity contribution in [2.75, 3.05) is 32.8 Å². The molecule has 3 nitrogen and oxygen atoms in total. The Balaban J connectivity index is 2.66. The Morgan fingerprint density at radius 2 is 1.81 bits per heavy atom. The number of rotatable bonds is 9. The number of hydrogen-bond donors (Lipinski definition) is 2. The zero-order valence-corrected chi connectivity index (χ0v) is 15.0. The van der Waals surface area contributed by atoms with Crippen LogP contribution in [0, 0.1) is 17.3 Å². The Morgan fingerprint density at radius 3 is 2.29 bits per heavy atom. The van der Waals surface area contributed by atoms with Crippen LogP contribution in [0.25, 0.3) is 0 Å². The largest absolute Gasteiger partial charge is 0.395 e. The van der Waals surface area contributed by atoms with Crippen molar-refractivity contribution in [3.8, 4) is 0 Å². The van der Waals surface area contributed by atoms with Crippen LogP contribution in [0.4, 0.5) is 0 Å². The van der Waals surface area contributed by atoms with E-state index >= 15 is 0 Å². The monoisotopic (exact) mass is 298 g/mol. The van der Waals surface area contributed by atoms with Gasteiger partial charge in [-0.1, -0.05) is 33.6 Å². The first kappa shape index (κ1) is 18.9. The fraction of sp³-hybridized carbons (Fsp3) is 1.00. The highest BCUT2D eigenvalue weighted by molar-refractivity contribution is 4.90. The lowest BCUT2D eigenvalue weighted by molar-refractivity contribution is 0.0592. The van der Waals surface area contributed by atoms with E-state index in [1.807, 2.05) is 0 Å². The number of hydrogen-bond acceptors (Lipinski definition) is 3. The van der Waals surface area contributed by atoms with Gasteiger partial charge >= 0.3 is 0 Å². The molecule has 0 bridgehead atoms. The summed E-state index contributed by atoms with van der Waals surface area (Å²) in [5.41, 5.74) is 0.404.